The number of hydrogen-bond donors (Lipinski definition) is 1. The molecule has 0 bridgehead atoms. The van der Waals surface area contributed by atoms with Crippen LogP contribution in [0.15, 0.2) is 12.1 Å². The summed E-state index contributed by atoms with van der Waals surface area (Å²) in [5.41, 5.74) is 2.36. The van der Waals surface area contributed by atoms with E-state index < -0.39 is 0 Å². The van der Waals surface area contributed by atoms with Gasteiger partial charge >= 0.3 is 0 Å². The third-order valence-corrected chi connectivity index (χ3v) is 2.04. The van der Waals surface area contributed by atoms with Crippen LogP contribution in [0.1, 0.15) is 23.1 Å². The number of benzene rings is 1. The number of rotatable bonds is 1. The molecule has 14 heavy (non-hydrogen) atoms. The van der Waals surface area contributed by atoms with Crippen molar-refractivity contribution in [1.82, 2.24) is 0 Å². The van der Waals surface area contributed by atoms with E-state index in [2.05, 4.69) is 11.8 Å². The minimum atomic E-state index is -0.293. The molecular weight excluding hydrogens is 179 g/mol. The Hall–Kier alpha value is -1.33. The van der Waals surface area contributed by atoms with E-state index in [1.165, 1.54) is 6.07 Å². The van der Waals surface area contributed by atoms with Crippen LogP contribution in [0.4, 0.5) is 4.39 Å². The first-order chi connectivity index (χ1) is 6.65. The summed E-state index contributed by atoms with van der Waals surface area (Å²) in [6.45, 7) is 3.80. The van der Waals surface area contributed by atoms with Crippen molar-refractivity contribution in [3.8, 4) is 11.8 Å². The summed E-state index contributed by atoms with van der Waals surface area (Å²) >= 11 is 0. The maximum Gasteiger partial charge on any atom is 0.139 e. The molecule has 2 heteroatoms. The van der Waals surface area contributed by atoms with Crippen molar-refractivity contribution in [1.29, 1.82) is 0 Å². The Kier molecular flexibility index (Phi) is 3.67. The van der Waals surface area contributed by atoms with Gasteiger partial charge in [0.25, 0.3) is 0 Å². The lowest BCUT2D eigenvalue weighted by molar-refractivity contribution is 0.305. The number of halogens is 1. The summed E-state index contributed by atoms with van der Waals surface area (Å²) in [6.07, 6.45) is 0.381. The average Bonchev–Trinajstić information content (AvgIpc) is 2.14. The zero-order valence-corrected chi connectivity index (χ0v) is 8.39. The first-order valence-electron chi connectivity index (χ1n) is 4.51. The van der Waals surface area contributed by atoms with E-state index in [1.807, 2.05) is 13.8 Å². The molecule has 1 rings (SSSR count). The van der Waals surface area contributed by atoms with Crippen LogP contribution < -0.4 is 0 Å². The number of aliphatic hydroxyl groups excluding tert-OH is 1. The van der Waals surface area contributed by atoms with Gasteiger partial charge in [-0.25, -0.2) is 4.39 Å². The highest BCUT2D eigenvalue weighted by Gasteiger charge is 2.01. The van der Waals surface area contributed by atoms with Crippen LogP contribution >= 0.6 is 0 Å². The van der Waals surface area contributed by atoms with Crippen molar-refractivity contribution in [3.63, 3.8) is 0 Å². The lowest BCUT2D eigenvalue weighted by atomic mass is 10.1. The molecule has 0 unspecified atom stereocenters. The average molecular weight is 192 g/mol. The van der Waals surface area contributed by atoms with Crippen LogP contribution in [-0.2, 0) is 0 Å². The Morgan fingerprint density at radius 1 is 1.29 bits per heavy atom. The molecular formula is C12H13FO. The molecule has 1 aromatic rings. The second-order valence-corrected chi connectivity index (χ2v) is 3.19. The summed E-state index contributed by atoms with van der Waals surface area (Å²) in [5, 5.41) is 8.52. The Bertz CT molecular complexity index is 385. The maximum absolute atomic E-state index is 13.3. The number of hydrogen-bond acceptors (Lipinski definition) is 1. The molecule has 0 aliphatic heterocycles. The van der Waals surface area contributed by atoms with E-state index in [-0.39, 0.29) is 12.4 Å². The maximum atomic E-state index is 13.3. The van der Waals surface area contributed by atoms with Gasteiger partial charge in [0.05, 0.1) is 12.2 Å². The van der Waals surface area contributed by atoms with E-state index in [4.69, 9.17) is 5.11 Å². The van der Waals surface area contributed by atoms with Crippen molar-refractivity contribution < 1.29 is 9.50 Å². The van der Waals surface area contributed by atoms with Crippen molar-refractivity contribution >= 4 is 0 Å². The molecule has 1 N–H and O–H groups in total. The normalized spacial score (nSPS) is 9.43. The fourth-order valence-electron chi connectivity index (χ4n) is 1.09. The van der Waals surface area contributed by atoms with Gasteiger partial charge in [0.1, 0.15) is 5.82 Å². The molecule has 0 aromatic heterocycles. The van der Waals surface area contributed by atoms with Crippen molar-refractivity contribution in [2.45, 2.75) is 20.3 Å². The first-order valence-corrected chi connectivity index (χ1v) is 4.51. The summed E-state index contributed by atoms with van der Waals surface area (Å²) < 4.78 is 13.3. The van der Waals surface area contributed by atoms with Crippen molar-refractivity contribution in [2.24, 2.45) is 0 Å². The molecule has 1 aromatic carbocycles. The molecule has 0 amide bonds. The van der Waals surface area contributed by atoms with Crippen LogP contribution in [0.2, 0.25) is 0 Å². The van der Waals surface area contributed by atoms with Crippen molar-refractivity contribution in [2.75, 3.05) is 6.61 Å². The van der Waals surface area contributed by atoms with Gasteiger partial charge in [0.2, 0.25) is 0 Å². The van der Waals surface area contributed by atoms with E-state index in [0.29, 0.717) is 12.0 Å². The predicted molar refractivity (Wildman–Crippen MR) is 54.5 cm³/mol. The van der Waals surface area contributed by atoms with Gasteiger partial charge in [-0.1, -0.05) is 11.8 Å². The van der Waals surface area contributed by atoms with Crippen LogP contribution in [0.5, 0.6) is 0 Å². The van der Waals surface area contributed by atoms with Crippen LogP contribution in [-0.4, -0.2) is 11.7 Å². The lowest BCUT2D eigenvalue weighted by Crippen LogP contribution is -1.89. The fraction of sp³-hybridized carbons (Fsp3) is 0.333. The summed E-state index contributed by atoms with van der Waals surface area (Å²) in [6, 6.07) is 3.22. The highest BCUT2D eigenvalue weighted by atomic mass is 19.1. The van der Waals surface area contributed by atoms with Crippen LogP contribution in [0.3, 0.4) is 0 Å². The number of aliphatic hydroxyl groups is 1. The molecule has 1 nitrogen and oxygen atoms in total. The highest BCUT2D eigenvalue weighted by Crippen LogP contribution is 2.13. The van der Waals surface area contributed by atoms with Crippen LogP contribution in [0.25, 0.3) is 0 Å². The zero-order chi connectivity index (χ0) is 10.6. The second-order valence-electron chi connectivity index (χ2n) is 3.19. The molecule has 0 spiro atoms. The summed E-state index contributed by atoms with van der Waals surface area (Å²) in [4.78, 5) is 0. The lowest BCUT2D eigenvalue weighted by Gasteiger charge is -2.01. The van der Waals surface area contributed by atoms with E-state index >= 15 is 0 Å². The third-order valence-electron chi connectivity index (χ3n) is 2.04. The Morgan fingerprint density at radius 3 is 2.57 bits per heavy atom. The number of aryl methyl sites for hydroxylation is 2. The minimum absolute atomic E-state index is 0.0134. The predicted octanol–water partition coefficient (Wildman–Crippen LogP) is 2.18. The van der Waals surface area contributed by atoms with Crippen molar-refractivity contribution in [3.05, 3.63) is 34.6 Å². The second kappa shape index (κ2) is 4.78. The van der Waals surface area contributed by atoms with Gasteiger partial charge in [-0.3, -0.25) is 0 Å². The molecule has 0 saturated carbocycles. The van der Waals surface area contributed by atoms with Gasteiger partial charge in [0.15, 0.2) is 0 Å². The third kappa shape index (κ3) is 2.58. The molecule has 0 atom stereocenters. The quantitative estimate of drug-likeness (QED) is 0.676. The van der Waals surface area contributed by atoms with E-state index in [9.17, 15) is 4.39 Å². The smallest absolute Gasteiger partial charge is 0.139 e. The Morgan fingerprint density at radius 2 is 1.93 bits per heavy atom. The molecule has 0 aliphatic carbocycles. The van der Waals surface area contributed by atoms with Crippen LogP contribution in [0, 0.1) is 31.5 Å². The van der Waals surface area contributed by atoms with E-state index in [1.54, 1.807) is 6.07 Å². The Balaban J connectivity index is 3.00. The molecule has 0 aliphatic rings. The Labute approximate surface area is 83.6 Å². The van der Waals surface area contributed by atoms with Gasteiger partial charge < -0.3 is 5.11 Å². The zero-order valence-electron chi connectivity index (χ0n) is 8.39. The topological polar surface area (TPSA) is 20.2 Å². The molecule has 0 fully saturated rings. The monoisotopic (exact) mass is 192 g/mol. The fourth-order valence-corrected chi connectivity index (χ4v) is 1.09. The standard InChI is InChI=1S/C12H13FO/c1-9-7-11(5-3-4-6-14)12(13)8-10(9)2/h7-8,14H,4,6H2,1-2H3. The summed E-state index contributed by atoms with van der Waals surface area (Å²) in [7, 11) is 0. The molecule has 0 saturated heterocycles. The highest BCUT2D eigenvalue weighted by molar-refractivity contribution is 5.41. The molecule has 74 valence electrons. The molecule has 0 radical (unpaired) electrons. The minimum Gasteiger partial charge on any atom is -0.395 e. The SMILES string of the molecule is Cc1cc(F)c(C#CCCO)cc1C. The van der Waals surface area contributed by atoms with Gasteiger partial charge in [0, 0.05) is 6.42 Å². The first kappa shape index (κ1) is 10.7. The molecule has 0 heterocycles. The van der Waals surface area contributed by atoms with Gasteiger partial charge in [-0.2, -0.15) is 0 Å². The largest absolute Gasteiger partial charge is 0.395 e. The summed E-state index contributed by atoms with van der Waals surface area (Å²) in [5.74, 6) is 5.10. The van der Waals surface area contributed by atoms with E-state index in [0.717, 1.165) is 11.1 Å². The van der Waals surface area contributed by atoms with Gasteiger partial charge in [-0.05, 0) is 37.1 Å². The van der Waals surface area contributed by atoms with Gasteiger partial charge in [-0.15, -0.1) is 0 Å².